The van der Waals surface area contributed by atoms with Gasteiger partial charge >= 0.3 is 0 Å². The van der Waals surface area contributed by atoms with Crippen LogP contribution in [0.2, 0.25) is 0 Å². The maximum Gasteiger partial charge on any atom is 0.247 e. The highest BCUT2D eigenvalue weighted by molar-refractivity contribution is 5.53. The molecule has 2 aromatic rings. The number of aryl methyl sites for hydroxylation is 1. The lowest BCUT2D eigenvalue weighted by Crippen LogP contribution is -2.45. The molecule has 6 heteroatoms. The molecule has 0 saturated carbocycles. The second kappa shape index (κ2) is 6.27. The second-order valence-corrected chi connectivity index (χ2v) is 6.63. The molecule has 2 aliphatic rings. The molecule has 1 aromatic carbocycles. The van der Waals surface area contributed by atoms with Gasteiger partial charge in [-0.1, -0.05) is 17.7 Å². The number of ether oxygens (including phenoxy) is 2. The molecule has 128 valence electrons. The topological polar surface area (TPSA) is 60.6 Å². The maximum absolute atomic E-state index is 5.93. The zero-order valence-corrected chi connectivity index (χ0v) is 14.2. The summed E-state index contributed by atoms with van der Waals surface area (Å²) in [5.74, 6) is 0.893. The van der Waals surface area contributed by atoms with Crippen molar-refractivity contribution in [2.45, 2.75) is 38.5 Å². The molecule has 2 fully saturated rings. The van der Waals surface area contributed by atoms with E-state index in [0.717, 1.165) is 31.5 Å². The van der Waals surface area contributed by atoms with Crippen molar-refractivity contribution in [1.29, 1.82) is 0 Å². The highest BCUT2D eigenvalue weighted by atomic mass is 16.7. The number of rotatable bonds is 3. The first kappa shape index (κ1) is 15.7. The van der Waals surface area contributed by atoms with E-state index in [0.29, 0.717) is 25.0 Å². The van der Waals surface area contributed by atoms with Crippen LogP contribution >= 0.6 is 0 Å². The fraction of sp³-hybridized carbons (Fsp3) is 0.556. The first-order chi connectivity index (χ1) is 11.7. The number of likely N-dealkylation sites (tertiary alicyclic amines) is 1. The third-order valence-electron chi connectivity index (χ3n) is 4.98. The third-order valence-corrected chi connectivity index (χ3v) is 4.98. The Bertz CT molecular complexity index is 699. The average Bonchev–Trinajstić information content (AvgIpc) is 3.25. The van der Waals surface area contributed by atoms with Gasteiger partial charge in [-0.3, -0.25) is 4.90 Å². The minimum absolute atomic E-state index is 0.0924. The van der Waals surface area contributed by atoms with E-state index in [1.54, 1.807) is 0 Å². The molecule has 2 aliphatic heterocycles. The Balaban J connectivity index is 1.45. The summed E-state index contributed by atoms with van der Waals surface area (Å²) in [5.41, 5.74) is 2.14. The van der Waals surface area contributed by atoms with Gasteiger partial charge in [-0.2, -0.15) is 0 Å². The van der Waals surface area contributed by atoms with E-state index in [2.05, 4.69) is 41.1 Å². The van der Waals surface area contributed by atoms with Crippen molar-refractivity contribution >= 4 is 0 Å². The van der Waals surface area contributed by atoms with Gasteiger partial charge in [0.1, 0.15) is 0 Å². The Kier molecular flexibility index (Phi) is 4.12. The molecule has 24 heavy (non-hydrogen) atoms. The molecule has 0 aliphatic carbocycles. The minimum atomic E-state index is -0.349. The zero-order chi connectivity index (χ0) is 16.6. The Morgan fingerprint density at radius 2 is 1.88 bits per heavy atom. The first-order valence-electron chi connectivity index (χ1n) is 8.58. The summed E-state index contributed by atoms with van der Waals surface area (Å²) in [7, 11) is 0. The fourth-order valence-corrected chi connectivity index (χ4v) is 3.49. The molecule has 6 nitrogen and oxygen atoms in total. The third kappa shape index (κ3) is 2.97. The average molecular weight is 329 g/mol. The van der Waals surface area contributed by atoms with Crippen molar-refractivity contribution in [1.82, 2.24) is 15.1 Å². The van der Waals surface area contributed by atoms with E-state index < -0.39 is 0 Å². The zero-order valence-electron chi connectivity index (χ0n) is 14.2. The summed E-state index contributed by atoms with van der Waals surface area (Å²) in [6.07, 6.45) is 1.77. The van der Waals surface area contributed by atoms with Crippen LogP contribution in [0, 0.1) is 6.92 Å². The van der Waals surface area contributed by atoms with Gasteiger partial charge in [-0.25, -0.2) is 0 Å². The predicted molar refractivity (Wildman–Crippen MR) is 88.3 cm³/mol. The van der Waals surface area contributed by atoms with Crippen molar-refractivity contribution in [3.8, 4) is 11.5 Å². The smallest absolute Gasteiger partial charge is 0.247 e. The van der Waals surface area contributed by atoms with Crippen LogP contribution in [0.15, 0.2) is 28.7 Å². The van der Waals surface area contributed by atoms with Gasteiger partial charge in [0.2, 0.25) is 11.8 Å². The molecule has 2 saturated heterocycles. The standard InChI is InChI=1S/C18H23N3O3/c1-13-4-3-5-15(12-13)17-20-19-16(24-17)14(2)21-8-6-18(7-9-21)22-10-11-23-18/h3-5,12,14H,6-11H2,1-2H3. The van der Waals surface area contributed by atoms with Crippen LogP contribution in [0.5, 0.6) is 0 Å². The second-order valence-electron chi connectivity index (χ2n) is 6.63. The Labute approximate surface area is 141 Å². The van der Waals surface area contributed by atoms with Crippen molar-refractivity contribution in [3.05, 3.63) is 35.7 Å². The van der Waals surface area contributed by atoms with Gasteiger partial charge in [0.25, 0.3) is 0 Å². The molecule has 0 N–H and O–H groups in total. The van der Waals surface area contributed by atoms with Crippen molar-refractivity contribution in [3.63, 3.8) is 0 Å². The van der Waals surface area contributed by atoms with Crippen molar-refractivity contribution in [2.75, 3.05) is 26.3 Å². The van der Waals surface area contributed by atoms with E-state index >= 15 is 0 Å². The quantitative estimate of drug-likeness (QED) is 0.863. The molecule has 1 atom stereocenters. The van der Waals surface area contributed by atoms with Crippen LogP contribution in [-0.2, 0) is 9.47 Å². The van der Waals surface area contributed by atoms with Gasteiger partial charge < -0.3 is 13.9 Å². The number of hydrogen-bond donors (Lipinski definition) is 0. The molecule has 1 aromatic heterocycles. The van der Waals surface area contributed by atoms with Crippen LogP contribution in [0.4, 0.5) is 0 Å². The van der Waals surface area contributed by atoms with Crippen LogP contribution in [0.25, 0.3) is 11.5 Å². The summed E-state index contributed by atoms with van der Waals surface area (Å²) in [4.78, 5) is 2.35. The molecule has 1 unspecified atom stereocenters. The van der Waals surface area contributed by atoms with E-state index in [1.165, 1.54) is 5.56 Å². The normalized spacial score (nSPS) is 22.1. The van der Waals surface area contributed by atoms with Gasteiger partial charge in [-0.15, -0.1) is 10.2 Å². The highest BCUT2D eigenvalue weighted by Gasteiger charge is 2.41. The number of hydrogen-bond acceptors (Lipinski definition) is 6. The van der Waals surface area contributed by atoms with E-state index in [-0.39, 0.29) is 11.8 Å². The lowest BCUT2D eigenvalue weighted by Gasteiger charge is -2.39. The molecule has 0 radical (unpaired) electrons. The molecule has 0 bridgehead atoms. The fourth-order valence-electron chi connectivity index (χ4n) is 3.49. The van der Waals surface area contributed by atoms with Gasteiger partial charge in [0.15, 0.2) is 5.79 Å². The van der Waals surface area contributed by atoms with Crippen molar-refractivity contribution < 1.29 is 13.9 Å². The summed E-state index contributed by atoms with van der Waals surface area (Å²) >= 11 is 0. The predicted octanol–water partition coefficient (Wildman–Crippen LogP) is 2.94. The largest absolute Gasteiger partial charge is 0.419 e. The van der Waals surface area contributed by atoms with Gasteiger partial charge in [-0.05, 0) is 26.0 Å². The Morgan fingerprint density at radius 1 is 1.12 bits per heavy atom. The number of aromatic nitrogens is 2. The molecular weight excluding hydrogens is 306 g/mol. The van der Waals surface area contributed by atoms with Crippen LogP contribution < -0.4 is 0 Å². The summed E-state index contributed by atoms with van der Waals surface area (Å²) in [5, 5.41) is 8.49. The summed E-state index contributed by atoms with van der Waals surface area (Å²) < 4.78 is 17.5. The SMILES string of the molecule is Cc1cccc(-c2nnc(C(C)N3CCC4(CC3)OCCO4)o2)c1. The van der Waals surface area contributed by atoms with Crippen LogP contribution in [0.3, 0.4) is 0 Å². The number of benzene rings is 1. The Hall–Kier alpha value is -1.76. The van der Waals surface area contributed by atoms with Gasteiger partial charge in [0, 0.05) is 31.5 Å². The van der Waals surface area contributed by atoms with Crippen molar-refractivity contribution in [2.24, 2.45) is 0 Å². The minimum Gasteiger partial charge on any atom is -0.419 e. The molecule has 3 heterocycles. The van der Waals surface area contributed by atoms with E-state index in [9.17, 15) is 0 Å². The van der Waals surface area contributed by atoms with E-state index in [1.807, 2.05) is 12.1 Å². The molecule has 1 spiro atoms. The van der Waals surface area contributed by atoms with Gasteiger partial charge in [0.05, 0.1) is 19.3 Å². The van der Waals surface area contributed by atoms with Crippen LogP contribution in [0.1, 0.15) is 37.3 Å². The molecule has 4 rings (SSSR count). The lowest BCUT2D eigenvalue weighted by molar-refractivity contribution is -0.188. The number of piperidine rings is 1. The summed E-state index contributed by atoms with van der Waals surface area (Å²) in [6.45, 7) is 7.40. The molecule has 0 amide bonds. The van der Waals surface area contributed by atoms with E-state index in [4.69, 9.17) is 13.9 Å². The highest BCUT2D eigenvalue weighted by Crippen LogP contribution is 2.34. The Morgan fingerprint density at radius 3 is 2.58 bits per heavy atom. The monoisotopic (exact) mass is 329 g/mol. The van der Waals surface area contributed by atoms with Crippen LogP contribution in [-0.4, -0.2) is 47.2 Å². The maximum atomic E-state index is 5.93. The lowest BCUT2D eigenvalue weighted by atomic mass is 10.0. The first-order valence-corrected chi connectivity index (χ1v) is 8.58. The number of nitrogens with zero attached hydrogens (tertiary/aromatic N) is 3. The molecular formula is C18H23N3O3. The summed E-state index contributed by atoms with van der Waals surface area (Å²) in [6, 6.07) is 8.20.